The van der Waals surface area contributed by atoms with Crippen molar-refractivity contribution in [2.24, 2.45) is 0 Å². The van der Waals surface area contributed by atoms with E-state index in [1.165, 1.54) is 11.3 Å². The molecule has 0 aliphatic carbocycles. The smallest absolute Gasteiger partial charge is 0.319 e. The number of benzene rings is 1. The van der Waals surface area contributed by atoms with Gasteiger partial charge < -0.3 is 15.1 Å². The van der Waals surface area contributed by atoms with Crippen LogP contribution in [-0.4, -0.2) is 16.2 Å². The molecule has 0 bridgehead atoms. The van der Waals surface area contributed by atoms with Gasteiger partial charge in [0.15, 0.2) is 0 Å². The summed E-state index contributed by atoms with van der Waals surface area (Å²) in [7, 11) is 0. The monoisotopic (exact) mass is 334 g/mol. The van der Waals surface area contributed by atoms with E-state index < -0.39 is 0 Å². The number of nitrogens with zero attached hydrogens (tertiary/aromatic N) is 2. The fourth-order valence-electron chi connectivity index (χ4n) is 1.69. The third-order valence-corrected chi connectivity index (χ3v) is 3.81. The number of halogens is 1. The lowest BCUT2D eigenvalue weighted by atomic mass is 10.3. The summed E-state index contributed by atoms with van der Waals surface area (Å²) in [5, 5.41) is 15.7. The molecule has 0 unspecified atom stereocenters. The maximum absolute atomic E-state index is 11.8. The first-order chi connectivity index (χ1) is 10.7. The first-order valence-corrected chi connectivity index (χ1v) is 7.63. The third-order valence-electron chi connectivity index (χ3n) is 2.70. The molecule has 2 N–H and O–H groups in total. The van der Waals surface area contributed by atoms with Gasteiger partial charge in [0.1, 0.15) is 0 Å². The number of hydrogen-bond acceptors (Lipinski definition) is 5. The molecule has 112 valence electrons. The van der Waals surface area contributed by atoms with Crippen LogP contribution < -0.4 is 10.6 Å². The fourth-order valence-corrected chi connectivity index (χ4v) is 2.46. The van der Waals surface area contributed by atoms with E-state index in [-0.39, 0.29) is 12.6 Å². The summed E-state index contributed by atoms with van der Waals surface area (Å²) in [6, 6.07) is 10.3. The van der Waals surface area contributed by atoms with Crippen LogP contribution in [0.15, 0.2) is 46.2 Å². The summed E-state index contributed by atoms with van der Waals surface area (Å²) >= 11 is 7.29. The highest BCUT2D eigenvalue weighted by molar-refractivity contribution is 7.13. The van der Waals surface area contributed by atoms with Crippen molar-refractivity contribution < 1.29 is 9.21 Å². The van der Waals surface area contributed by atoms with Crippen LogP contribution in [0, 0.1) is 0 Å². The summed E-state index contributed by atoms with van der Waals surface area (Å²) in [6.07, 6.45) is 0. The number of rotatable bonds is 4. The van der Waals surface area contributed by atoms with Crippen LogP contribution in [0.4, 0.5) is 10.5 Å². The van der Waals surface area contributed by atoms with Crippen molar-refractivity contribution in [1.29, 1.82) is 0 Å². The highest BCUT2D eigenvalue weighted by Crippen LogP contribution is 2.22. The van der Waals surface area contributed by atoms with Crippen molar-refractivity contribution in [1.82, 2.24) is 15.5 Å². The summed E-state index contributed by atoms with van der Waals surface area (Å²) < 4.78 is 5.47. The minimum atomic E-state index is -0.363. The van der Waals surface area contributed by atoms with Gasteiger partial charge in [-0.1, -0.05) is 17.7 Å². The molecule has 0 fully saturated rings. The molecule has 22 heavy (non-hydrogen) atoms. The van der Waals surface area contributed by atoms with Gasteiger partial charge in [-0.05, 0) is 35.7 Å². The Labute approximate surface area is 135 Å². The van der Waals surface area contributed by atoms with Gasteiger partial charge in [-0.2, -0.15) is 0 Å². The molecular formula is C14H11ClN4O2S. The molecule has 0 saturated carbocycles. The number of hydrogen-bond donors (Lipinski definition) is 2. The zero-order valence-corrected chi connectivity index (χ0v) is 12.8. The first-order valence-electron chi connectivity index (χ1n) is 6.37. The van der Waals surface area contributed by atoms with Crippen molar-refractivity contribution in [3.05, 3.63) is 52.7 Å². The molecule has 0 spiro atoms. The van der Waals surface area contributed by atoms with Crippen LogP contribution in [-0.2, 0) is 6.54 Å². The van der Waals surface area contributed by atoms with E-state index in [1.807, 2.05) is 17.5 Å². The number of anilines is 1. The second-order valence-corrected chi connectivity index (χ2v) is 5.68. The Balaban J connectivity index is 1.54. The number of urea groups is 1. The molecule has 0 aliphatic heterocycles. The Kier molecular flexibility index (Phi) is 4.36. The van der Waals surface area contributed by atoms with Crippen LogP contribution in [0.5, 0.6) is 0 Å². The normalized spacial score (nSPS) is 10.4. The molecular weight excluding hydrogens is 324 g/mol. The van der Waals surface area contributed by atoms with E-state index in [4.69, 9.17) is 16.0 Å². The molecule has 2 amide bonds. The SMILES string of the molecule is O=C(NCc1nnc(-c2cccs2)o1)Nc1ccc(Cl)cc1. The van der Waals surface area contributed by atoms with Gasteiger partial charge in [-0.15, -0.1) is 21.5 Å². The first kappa shape index (κ1) is 14.6. The van der Waals surface area contributed by atoms with Crippen molar-refractivity contribution in [2.45, 2.75) is 6.54 Å². The number of amides is 2. The Morgan fingerprint density at radius 3 is 2.77 bits per heavy atom. The zero-order chi connectivity index (χ0) is 15.4. The van der Waals surface area contributed by atoms with Crippen molar-refractivity contribution >= 4 is 34.7 Å². The molecule has 3 rings (SSSR count). The quantitative estimate of drug-likeness (QED) is 0.761. The molecule has 0 aliphatic rings. The van der Waals surface area contributed by atoms with Crippen LogP contribution in [0.25, 0.3) is 10.8 Å². The highest BCUT2D eigenvalue weighted by Gasteiger charge is 2.10. The highest BCUT2D eigenvalue weighted by atomic mass is 35.5. The van der Waals surface area contributed by atoms with Crippen LogP contribution >= 0.6 is 22.9 Å². The van der Waals surface area contributed by atoms with E-state index in [9.17, 15) is 4.79 Å². The Hall–Kier alpha value is -2.38. The number of carbonyl (C=O) groups excluding carboxylic acids is 1. The van der Waals surface area contributed by atoms with Crippen molar-refractivity contribution in [3.8, 4) is 10.8 Å². The Morgan fingerprint density at radius 1 is 1.23 bits per heavy atom. The molecule has 8 heteroatoms. The van der Waals surface area contributed by atoms with Crippen LogP contribution in [0.3, 0.4) is 0 Å². The van der Waals surface area contributed by atoms with Crippen molar-refractivity contribution in [3.63, 3.8) is 0 Å². The predicted molar refractivity (Wildman–Crippen MR) is 84.9 cm³/mol. The predicted octanol–water partition coefficient (Wildman–Crippen LogP) is 3.77. The minimum Gasteiger partial charge on any atom is -0.418 e. The molecule has 0 atom stereocenters. The number of nitrogens with one attached hydrogen (secondary N) is 2. The van der Waals surface area contributed by atoms with E-state index in [2.05, 4.69) is 20.8 Å². The Morgan fingerprint density at radius 2 is 2.05 bits per heavy atom. The zero-order valence-electron chi connectivity index (χ0n) is 11.2. The van der Waals surface area contributed by atoms with Gasteiger partial charge >= 0.3 is 6.03 Å². The number of carbonyl (C=O) groups is 1. The Bertz CT molecular complexity index is 756. The van der Waals surface area contributed by atoms with Gasteiger partial charge in [-0.3, -0.25) is 0 Å². The van der Waals surface area contributed by atoms with Gasteiger partial charge in [0.25, 0.3) is 5.89 Å². The fraction of sp³-hybridized carbons (Fsp3) is 0.0714. The summed E-state index contributed by atoms with van der Waals surface area (Å²) in [5.74, 6) is 0.791. The molecule has 2 heterocycles. The number of aromatic nitrogens is 2. The van der Waals surface area contributed by atoms with E-state index in [0.717, 1.165) is 4.88 Å². The maximum atomic E-state index is 11.8. The van der Waals surface area contributed by atoms with Crippen molar-refractivity contribution in [2.75, 3.05) is 5.32 Å². The van der Waals surface area contributed by atoms with E-state index in [0.29, 0.717) is 22.5 Å². The van der Waals surface area contributed by atoms with Crippen LogP contribution in [0.2, 0.25) is 5.02 Å². The summed E-state index contributed by atoms with van der Waals surface area (Å²) in [5.41, 5.74) is 0.645. The average molecular weight is 335 g/mol. The van der Waals surface area contributed by atoms with Gasteiger partial charge in [-0.25, -0.2) is 4.79 Å². The number of thiophene rings is 1. The second-order valence-electron chi connectivity index (χ2n) is 4.29. The largest absolute Gasteiger partial charge is 0.418 e. The lowest BCUT2D eigenvalue weighted by Crippen LogP contribution is -2.28. The topological polar surface area (TPSA) is 80.1 Å². The molecule has 1 aromatic carbocycles. The van der Waals surface area contributed by atoms with E-state index >= 15 is 0 Å². The van der Waals surface area contributed by atoms with Gasteiger partial charge in [0.05, 0.1) is 11.4 Å². The average Bonchev–Trinajstić information content (AvgIpc) is 3.18. The van der Waals surface area contributed by atoms with E-state index in [1.54, 1.807) is 24.3 Å². The second kappa shape index (κ2) is 6.59. The van der Waals surface area contributed by atoms with Gasteiger partial charge in [0, 0.05) is 10.7 Å². The van der Waals surface area contributed by atoms with Gasteiger partial charge in [0.2, 0.25) is 5.89 Å². The summed E-state index contributed by atoms with van der Waals surface area (Å²) in [6.45, 7) is 0.151. The maximum Gasteiger partial charge on any atom is 0.319 e. The molecule has 2 aromatic heterocycles. The standard InChI is InChI=1S/C14H11ClN4O2S/c15-9-3-5-10(6-4-9)17-14(20)16-8-12-18-19-13(21-12)11-2-1-7-22-11/h1-7H,8H2,(H2,16,17,20). The van der Waals surface area contributed by atoms with Crippen LogP contribution in [0.1, 0.15) is 5.89 Å². The summed E-state index contributed by atoms with van der Waals surface area (Å²) in [4.78, 5) is 12.7. The molecule has 0 radical (unpaired) electrons. The lowest BCUT2D eigenvalue weighted by Gasteiger charge is -2.05. The lowest BCUT2D eigenvalue weighted by molar-refractivity contribution is 0.250. The molecule has 6 nitrogen and oxygen atoms in total. The molecule has 0 saturated heterocycles. The minimum absolute atomic E-state index is 0.151. The molecule has 3 aromatic rings. The third kappa shape index (κ3) is 3.63.